The predicted octanol–water partition coefficient (Wildman–Crippen LogP) is 4.62. The first-order valence-corrected chi connectivity index (χ1v) is 8.19. The van der Waals surface area contributed by atoms with Gasteiger partial charge in [-0.1, -0.05) is 40.5 Å². The molecular formula is C17H33N. The van der Waals surface area contributed by atoms with E-state index in [0.717, 1.165) is 11.8 Å². The van der Waals surface area contributed by atoms with Crippen molar-refractivity contribution in [3.05, 3.63) is 0 Å². The first-order chi connectivity index (χ1) is 8.48. The van der Waals surface area contributed by atoms with Crippen LogP contribution in [-0.4, -0.2) is 13.1 Å². The summed E-state index contributed by atoms with van der Waals surface area (Å²) in [5.41, 5.74) is 1.21. The van der Waals surface area contributed by atoms with Gasteiger partial charge in [0, 0.05) is 0 Å². The first kappa shape index (κ1) is 14.4. The van der Waals surface area contributed by atoms with E-state index >= 15 is 0 Å². The monoisotopic (exact) mass is 251 g/mol. The van der Waals surface area contributed by atoms with Gasteiger partial charge in [0.25, 0.3) is 0 Å². The minimum Gasteiger partial charge on any atom is -0.316 e. The van der Waals surface area contributed by atoms with Crippen LogP contribution in [-0.2, 0) is 0 Å². The molecule has 0 aromatic heterocycles. The van der Waals surface area contributed by atoms with E-state index in [1.807, 2.05) is 0 Å². The SMILES string of the molecule is CCC1CNCCC12CCCC(C(C)(C)C)CC2. The summed E-state index contributed by atoms with van der Waals surface area (Å²) in [5.74, 6) is 1.88. The van der Waals surface area contributed by atoms with Gasteiger partial charge in [0.2, 0.25) is 0 Å². The maximum atomic E-state index is 3.62. The Bertz CT molecular complexity index is 265. The molecule has 0 aromatic rings. The summed E-state index contributed by atoms with van der Waals surface area (Å²) in [4.78, 5) is 0. The Morgan fingerprint density at radius 3 is 2.56 bits per heavy atom. The zero-order valence-corrected chi connectivity index (χ0v) is 13.0. The fourth-order valence-electron chi connectivity index (χ4n) is 4.57. The average molecular weight is 251 g/mol. The van der Waals surface area contributed by atoms with Gasteiger partial charge in [-0.3, -0.25) is 0 Å². The Kier molecular flexibility index (Phi) is 4.41. The Balaban J connectivity index is 2.06. The smallest absolute Gasteiger partial charge is 0.00153 e. The zero-order chi connectivity index (χ0) is 13.2. The van der Waals surface area contributed by atoms with Crippen LogP contribution in [0.25, 0.3) is 0 Å². The predicted molar refractivity (Wildman–Crippen MR) is 79.7 cm³/mol. The number of piperidine rings is 1. The molecule has 1 aliphatic heterocycles. The summed E-state index contributed by atoms with van der Waals surface area (Å²) >= 11 is 0. The second kappa shape index (κ2) is 5.53. The van der Waals surface area contributed by atoms with Gasteiger partial charge >= 0.3 is 0 Å². The van der Waals surface area contributed by atoms with Gasteiger partial charge in [0.15, 0.2) is 0 Å². The number of hydrogen-bond donors (Lipinski definition) is 1. The summed E-state index contributed by atoms with van der Waals surface area (Å²) in [6.45, 7) is 12.2. The highest BCUT2D eigenvalue weighted by Crippen LogP contribution is 2.50. The Hall–Kier alpha value is -0.0400. The van der Waals surface area contributed by atoms with Crippen molar-refractivity contribution in [1.82, 2.24) is 5.32 Å². The average Bonchev–Trinajstić information content (AvgIpc) is 2.53. The molecule has 0 amide bonds. The zero-order valence-electron chi connectivity index (χ0n) is 13.0. The molecule has 1 nitrogen and oxygen atoms in total. The molecule has 18 heavy (non-hydrogen) atoms. The molecule has 1 saturated heterocycles. The topological polar surface area (TPSA) is 12.0 Å². The lowest BCUT2D eigenvalue weighted by molar-refractivity contribution is 0.0787. The molecule has 0 bridgehead atoms. The maximum absolute atomic E-state index is 3.62. The molecule has 1 heterocycles. The van der Waals surface area contributed by atoms with E-state index < -0.39 is 0 Å². The summed E-state index contributed by atoms with van der Waals surface area (Å²) in [6.07, 6.45) is 10.2. The number of rotatable bonds is 1. The lowest BCUT2D eigenvalue weighted by Crippen LogP contribution is -2.44. The molecule has 1 N–H and O–H groups in total. The molecule has 0 radical (unpaired) electrons. The summed E-state index contributed by atoms with van der Waals surface area (Å²) in [5, 5.41) is 3.62. The highest BCUT2D eigenvalue weighted by Gasteiger charge is 2.42. The lowest BCUT2D eigenvalue weighted by atomic mass is 9.64. The molecule has 0 aromatic carbocycles. The van der Waals surface area contributed by atoms with Crippen LogP contribution in [0.3, 0.4) is 0 Å². The standard InChI is InChI=1S/C17H33N/c1-5-14-13-18-12-11-17(14)9-6-7-15(8-10-17)16(2,3)4/h14-15,18H,5-13H2,1-4H3. The van der Waals surface area contributed by atoms with Gasteiger partial charge in [-0.05, 0) is 67.9 Å². The largest absolute Gasteiger partial charge is 0.316 e. The number of hydrogen-bond acceptors (Lipinski definition) is 1. The van der Waals surface area contributed by atoms with Gasteiger partial charge in [-0.25, -0.2) is 0 Å². The van der Waals surface area contributed by atoms with Crippen LogP contribution < -0.4 is 5.32 Å². The molecule has 2 aliphatic rings. The van der Waals surface area contributed by atoms with Crippen molar-refractivity contribution < 1.29 is 0 Å². The molecular weight excluding hydrogens is 218 g/mol. The van der Waals surface area contributed by atoms with Crippen molar-refractivity contribution in [3.8, 4) is 0 Å². The molecule has 1 spiro atoms. The van der Waals surface area contributed by atoms with E-state index in [1.54, 1.807) is 0 Å². The fraction of sp³-hybridized carbons (Fsp3) is 1.00. The molecule has 3 unspecified atom stereocenters. The van der Waals surface area contributed by atoms with E-state index in [4.69, 9.17) is 0 Å². The molecule has 106 valence electrons. The minimum absolute atomic E-state index is 0.514. The van der Waals surface area contributed by atoms with Crippen LogP contribution in [0.4, 0.5) is 0 Å². The van der Waals surface area contributed by atoms with Crippen molar-refractivity contribution >= 4 is 0 Å². The summed E-state index contributed by atoms with van der Waals surface area (Å²) in [7, 11) is 0. The van der Waals surface area contributed by atoms with E-state index in [1.165, 1.54) is 58.0 Å². The van der Waals surface area contributed by atoms with Crippen molar-refractivity contribution in [3.63, 3.8) is 0 Å². The fourth-order valence-corrected chi connectivity index (χ4v) is 4.57. The van der Waals surface area contributed by atoms with E-state index in [0.29, 0.717) is 10.8 Å². The first-order valence-electron chi connectivity index (χ1n) is 8.19. The van der Waals surface area contributed by atoms with Gasteiger partial charge in [0.05, 0.1) is 0 Å². The van der Waals surface area contributed by atoms with Gasteiger partial charge in [-0.2, -0.15) is 0 Å². The minimum atomic E-state index is 0.514. The van der Waals surface area contributed by atoms with Crippen molar-refractivity contribution in [1.29, 1.82) is 0 Å². The summed E-state index contributed by atoms with van der Waals surface area (Å²) < 4.78 is 0. The summed E-state index contributed by atoms with van der Waals surface area (Å²) in [6, 6.07) is 0. The van der Waals surface area contributed by atoms with Crippen molar-refractivity contribution in [2.45, 2.75) is 72.6 Å². The van der Waals surface area contributed by atoms with E-state index in [9.17, 15) is 0 Å². The Morgan fingerprint density at radius 2 is 1.89 bits per heavy atom. The van der Waals surface area contributed by atoms with Crippen LogP contribution in [0.15, 0.2) is 0 Å². The van der Waals surface area contributed by atoms with Crippen molar-refractivity contribution in [2.24, 2.45) is 22.7 Å². The van der Waals surface area contributed by atoms with Gasteiger partial charge < -0.3 is 5.32 Å². The normalized spacial score (nSPS) is 38.7. The van der Waals surface area contributed by atoms with Crippen LogP contribution in [0.5, 0.6) is 0 Å². The molecule has 1 aliphatic carbocycles. The maximum Gasteiger partial charge on any atom is -0.00153 e. The van der Waals surface area contributed by atoms with Crippen LogP contribution >= 0.6 is 0 Å². The second-order valence-electron chi connectivity index (χ2n) is 7.92. The van der Waals surface area contributed by atoms with E-state index in [-0.39, 0.29) is 0 Å². The lowest BCUT2D eigenvalue weighted by Gasteiger charge is -2.44. The Labute approximate surface area is 114 Å². The quantitative estimate of drug-likeness (QED) is 0.717. The highest BCUT2D eigenvalue weighted by atomic mass is 14.9. The van der Waals surface area contributed by atoms with Crippen LogP contribution in [0, 0.1) is 22.7 Å². The van der Waals surface area contributed by atoms with Crippen molar-refractivity contribution in [2.75, 3.05) is 13.1 Å². The van der Waals surface area contributed by atoms with Gasteiger partial charge in [-0.15, -0.1) is 0 Å². The van der Waals surface area contributed by atoms with E-state index in [2.05, 4.69) is 33.0 Å². The van der Waals surface area contributed by atoms with Gasteiger partial charge in [0.1, 0.15) is 0 Å². The molecule has 2 fully saturated rings. The number of nitrogens with one attached hydrogen (secondary N) is 1. The Morgan fingerprint density at radius 1 is 1.11 bits per heavy atom. The van der Waals surface area contributed by atoms with Crippen LogP contribution in [0.2, 0.25) is 0 Å². The third-order valence-corrected chi connectivity index (χ3v) is 5.99. The molecule has 2 rings (SSSR count). The second-order valence-corrected chi connectivity index (χ2v) is 7.92. The third-order valence-electron chi connectivity index (χ3n) is 5.99. The third kappa shape index (κ3) is 2.92. The molecule has 1 heteroatoms. The van der Waals surface area contributed by atoms with Crippen LogP contribution in [0.1, 0.15) is 72.6 Å². The highest BCUT2D eigenvalue weighted by molar-refractivity contribution is 4.94. The molecule has 3 atom stereocenters. The molecule has 1 saturated carbocycles.